The number of nitrogens with zero attached hydrogens (tertiary/aromatic N) is 2. The number of para-hydroxylation sites is 1. The predicted octanol–water partition coefficient (Wildman–Crippen LogP) is 3.62. The zero-order chi connectivity index (χ0) is 17.6. The zero-order valence-corrected chi connectivity index (χ0v) is 14.6. The summed E-state index contributed by atoms with van der Waals surface area (Å²) in [7, 11) is 0. The summed E-state index contributed by atoms with van der Waals surface area (Å²) in [5, 5.41) is 3.63. The van der Waals surface area contributed by atoms with Crippen molar-refractivity contribution in [3.8, 4) is 5.69 Å². The summed E-state index contributed by atoms with van der Waals surface area (Å²) in [5.74, 6) is -0.0961. The maximum Gasteiger partial charge on any atom is 0.287 e. The lowest BCUT2D eigenvalue weighted by molar-refractivity contribution is -0.113. The summed E-state index contributed by atoms with van der Waals surface area (Å²) in [6.07, 6.45) is 3.12. The first kappa shape index (κ1) is 17.3. The molecule has 0 aliphatic rings. The van der Waals surface area contributed by atoms with Crippen molar-refractivity contribution >= 4 is 35.0 Å². The van der Waals surface area contributed by atoms with Crippen LogP contribution in [0.3, 0.4) is 0 Å². The van der Waals surface area contributed by atoms with Crippen LogP contribution in [0.25, 0.3) is 5.69 Å². The van der Waals surface area contributed by atoms with E-state index < -0.39 is 0 Å². The van der Waals surface area contributed by atoms with E-state index in [-0.39, 0.29) is 22.2 Å². The Labute approximate surface area is 153 Å². The lowest BCUT2D eigenvalue weighted by atomic mass is 10.3. The second kappa shape index (κ2) is 8.00. The molecule has 3 aromatic rings. The molecule has 0 saturated heterocycles. The normalized spacial score (nSPS) is 10.4. The van der Waals surface area contributed by atoms with Crippen LogP contribution in [0, 0.1) is 0 Å². The average Bonchev–Trinajstić information content (AvgIpc) is 2.63. The summed E-state index contributed by atoms with van der Waals surface area (Å²) in [6.45, 7) is 0. The van der Waals surface area contributed by atoms with Gasteiger partial charge in [-0.3, -0.25) is 14.2 Å². The fraction of sp³-hybridized carbons (Fsp3) is 0.0556. The number of halogens is 1. The molecule has 2 aromatic carbocycles. The van der Waals surface area contributed by atoms with Crippen molar-refractivity contribution in [2.24, 2.45) is 0 Å². The summed E-state index contributed by atoms with van der Waals surface area (Å²) >= 11 is 6.98. The molecule has 1 heterocycles. The number of anilines is 1. The lowest BCUT2D eigenvalue weighted by Gasteiger charge is -2.08. The van der Waals surface area contributed by atoms with E-state index in [1.165, 1.54) is 10.8 Å². The molecular formula is C18H14ClN3O2S. The minimum atomic E-state index is -0.276. The summed E-state index contributed by atoms with van der Waals surface area (Å²) in [4.78, 5) is 28.6. The van der Waals surface area contributed by atoms with E-state index in [0.717, 1.165) is 11.8 Å². The van der Waals surface area contributed by atoms with Gasteiger partial charge in [-0.1, -0.05) is 41.6 Å². The molecule has 0 aliphatic heterocycles. The molecule has 0 saturated carbocycles. The molecule has 0 spiro atoms. The number of rotatable bonds is 5. The zero-order valence-electron chi connectivity index (χ0n) is 13.1. The number of nitrogens with one attached hydrogen (secondary N) is 1. The smallest absolute Gasteiger partial charge is 0.287 e. The van der Waals surface area contributed by atoms with E-state index in [0.29, 0.717) is 16.4 Å². The van der Waals surface area contributed by atoms with Crippen LogP contribution in [-0.2, 0) is 4.79 Å². The van der Waals surface area contributed by atoms with Crippen LogP contribution in [-0.4, -0.2) is 21.2 Å². The van der Waals surface area contributed by atoms with Gasteiger partial charge in [0.25, 0.3) is 5.56 Å². The molecule has 0 unspecified atom stereocenters. The Morgan fingerprint density at radius 2 is 1.84 bits per heavy atom. The molecule has 0 radical (unpaired) electrons. The quantitative estimate of drug-likeness (QED) is 0.696. The SMILES string of the molecule is O=C(CSc1nccn(-c2ccc(Cl)cc2)c1=O)Nc1ccccc1. The molecule has 1 amide bonds. The minimum Gasteiger partial charge on any atom is -0.325 e. The van der Waals surface area contributed by atoms with Crippen molar-refractivity contribution in [3.63, 3.8) is 0 Å². The largest absolute Gasteiger partial charge is 0.325 e. The number of benzene rings is 2. The highest BCUT2D eigenvalue weighted by atomic mass is 35.5. The first-order valence-electron chi connectivity index (χ1n) is 7.45. The molecular weight excluding hydrogens is 358 g/mol. The highest BCUT2D eigenvalue weighted by Crippen LogP contribution is 2.15. The van der Waals surface area contributed by atoms with Gasteiger partial charge in [0, 0.05) is 28.8 Å². The summed E-state index contributed by atoms with van der Waals surface area (Å²) < 4.78 is 1.47. The van der Waals surface area contributed by atoms with Gasteiger partial charge in [0.15, 0.2) is 5.03 Å². The van der Waals surface area contributed by atoms with Gasteiger partial charge in [-0.05, 0) is 36.4 Å². The molecule has 0 bridgehead atoms. The fourth-order valence-electron chi connectivity index (χ4n) is 2.15. The number of hydrogen-bond acceptors (Lipinski definition) is 4. The van der Waals surface area contributed by atoms with Gasteiger partial charge in [-0.2, -0.15) is 0 Å². The van der Waals surface area contributed by atoms with Gasteiger partial charge in [0.05, 0.1) is 5.75 Å². The van der Waals surface area contributed by atoms with Crippen LogP contribution in [0.2, 0.25) is 5.02 Å². The fourth-order valence-corrected chi connectivity index (χ4v) is 2.97. The van der Waals surface area contributed by atoms with E-state index in [4.69, 9.17) is 11.6 Å². The van der Waals surface area contributed by atoms with Crippen molar-refractivity contribution in [2.75, 3.05) is 11.1 Å². The second-order valence-corrected chi connectivity index (χ2v) is 6.49. The van der Waals surface area contributed by atoms with Gasteiger partial charge in [0.2, 0.25) is 5.91 Å². The van der Waals surface area contributed by atoms with Crippen LogP contribution >= 0.6 is 23.4 Å². The van der Waals surface area contributed by atoms with Crippen LogP contribution in [0.4, 0.5) is 5.69 Å². The van der Waals surface area contributed by atoms with Crippen molar-refractivity contribution in [3.05, 3.63) is 82.4 Å². The first-order chi connectivity index (χ1) is 12.1. The molecule has 1 aromatic heterocycles. The van der Waals surface area contributed by atoms with E-state index >= 15 is 0 Å². The van der Waals surface area contributed by atoms with Crippen molar-refractivity contribution < 1.29 is 4.79 Å². The Bertz CT molecular complexity index is 927. The molecule has 126 valence electrons. The number of hydrogen-bond donors (Lipinski definition) is 1. The van der Waals surface area contributed by atoms with E-state index in [1.54, 1.807) is 42.6 Å². The summed E-state index contributed by atoms with van der Waals surface area (Å²) in [5.41, 5.74) is 1.13. The molecule has 0 fully saturated rings. The first-order valence-corrected chi connectivity index (χ1v) is 8.81. The predicted molar refractivity (Wildman–Crippen MR) is 101 cm³/mol. The Hall–Kier alpha value is -2.57. The Balaban J connectivity index is 1.71. The molecule has 0 aliphatic carbocycles. The van der Waals surface area contributed by atoms with E-state index in [9.17, 15) is 9.59 Å². The molecule has 3 rings (SSSR count). The standard InChI is InChI=1S/C18H14ClN3O2S/c19-13-6-8-15(9-7-13)22-11-10-20-17(18(22)24)25-12-16(23)21-14-4-2-1-3-5-14/h1-11H,12H2,(H,21,23). The van der Waals surface area contributed by atoms with E-state index in [1.807, 2.05) is 18.2 Å². The van der Waals surface area contributed by atoms with Crippen LogP contribution in [0.5, 0.6) is 0 Å². The third-order valence-electron chi connectivity index (χ3n) is 3.31. The Morgan fingerprint density at radius 1 is 1.12 bits per heavy atom. The topological polar surface area (TPSA) is 64.0 Å². The van der Waals surface area contributed by atoms with Gasteiger partial charge in [0.1, 0.15) is 0 Å². The third-order valence-corrected chi connectivity index (χ3v) is 4.52. The average molecular weight is 372 g/mol. The maximum absolute atomic E-state index is 12.5. The van der Waals surface area contributed by atoms with E-state index in [2.05, 4.69) is 10.3 Å². The number of aromatic nitrogens is 2. The highest BCUT2D eigenvalue weighted by molar-refractivity contribution is 7.99. The molecule has 7 heteroatoms. The Kier molecular flexibility index (Phi) is 5.53. The van der Waals surface area contributed by atoms with Gasteiger partial charge < -0.3 is 5.32 Å². The molecule has 0 atom stereocenters. The highest BCUT2D eigenvalue weighted by Gasteiger charge is 2.10. The van der Waals surface area contributed by atoms with Crippen molar-refractivity contribution in [1.29, 1.82) is 0 Å². The maximum atomic E-state index is 12.5. The molecule has 1 N–H and O–H groups in total. The minimum absolute atomic E-state index is 0.0990. The van der Waals surface area contributed by atoms with Crippen LogP contribution in [0.15, 0.2) is 76.8 Å². The number of amides is 1. The van der Waals surface area contributed by atoms with Gasteiger partial charge in [-0.25, -0.2) is 4.98 Å². The number of thioether (sulfide) groups is 1. The number of carbonyl (C=O) groups is 1. The Morgan fingerprint density at radius 3 is 2.56 bits per heavy atom. The van der Waals surface area contributed by atoms with Crippen molar-refractivity contribution in [2.45, 2.75) is 5.03 Å². The number of carbonyl (C=O) groups excluding carboxylic acids is 1. The van der Waals surface area contributed by atoms with Gasteiger partial charge in [-0.15, -0.1) is 0 Å². The van der Waals surface area contributed by atoms with Crippen LogP contribution < -0.4 is 10.9 Å². The third kappa shape index (κ3) is 4.49. The van der Waals surface area contributed by atoms with Crippen LogP contribution in [0.1, 0.15) is 0 Å². The summed E-state index contributed by atoms with van der Waals surface area (Å²) in [6, 6.07) is 16.1. The van der Waals surface area contributed by atoms with Crippen molar-refractivity contribution in [1.82, 2.24) is 9.55 Å². The molecule has 5 nitrogen and oxygen atoms in total. The lowest BCUT2D eigenvalue weighted by Crippen LogP contribution is -2.22. The van der Waals surface area contributed by atoms with Gasteiger partial charge >= 0.3 is 0 Å². The monoisotopic (exact) mass is 371 g/mol. The molecule has 25 heavy (non-hydrogen) atoms. The second-order valence-electron chi connectivity index (χ2n) is 5.09.